The molecule has 0 aliphatic carbocycles. The van der Waals surface area contributed by atoms with Gasteiger partial charge in [-0.05, 0) is 59.0 Å². The second kappa shape index (κ2) is 12.3. The first-order chi connectivity index (χ1) is 22.5. The molecular formula is C40H30O6. The molecular weight excluding hydrogens is 576 g/mol. The Morgan fingerprint density at radius 3 is 1.22 bits per heavy atom. The second-order valence-electron chi connectivity index (χ2n) is 10.9. The third-order valence-electron chi connectivity index (χ3n) is 8.26. The number of ether oxygens (including phenoxy) is 4. The molecule has 0 aliphatic rings. The van der Waals surface area contributed by atoms with Gasteiger partial charge in [0.1, 0.15) is 23.0 Å². The lowest BCUT2D eigenvalue weighted by Crippen LogP contribution is -2.16. The lowest BCUT2D eigenvalue weighted by atomic mass is 9.94. The van der Waals surface area contributed by atoms with Gasteiger partial charge in [0.25, 0.3) is 0 Å². The summed E-state index contributed by atoms with van der Waals surface area (Å²) in [5.74, 6) is 1.44. The molecule has 0 aromatic heterocycles. The van der Waals surface area contributed by atoms with E-state index in [0.717, 1.165) is 45.5 Å². The summed E-state index contributed by atoms with van der Waals surface area (Å²) in [7, 11) is 0. The van der Waals surface area contributed by atoms with Gasteiger partial charge in [0.2, 0.25) is 0 Å². The summed E-state index contributed by atoms with van der Waals surface area (Å²) in [5.41, 5.74) is 2.20. The maximum atomic E-state index is 13.4. The van der Waals surface area contributed by atoms with Crippen LogP contribution in [0.2, 0.25) is 0 Å². The minimum absolute atomic E-state index is 0.322. The van der Waals surface area contributed by atoms with E-state index < -0.39 is 12.3 Å². The molecule has 0 N–H and O–H groups in total. The number of aryl methyl sites for hydroxylation is 2. The van der Waals surface area contributed by atoms with Crippen LogP contribution in [0.1, 0.15) is 25.0 Å². The minimum Gasteiger partial charge on any atom is -0.394 e. The Kier molecular flexibility index (Phi) is 7.69. The first kappa shape index (κ1) is 28.9. The van der Waals surface area contributed by atoms with Gasteiger partial charge in [-0.15, -0.1) is 0 Å². The normalized spacial score (nSPS) is 11.2. The molecule has 0 atom stereocenters. The highest BCUT2D eigenvalue weighted by atomic mass is 16.7. The maximum Gasteiger partial charge on any atom is 0.519 e. The SMILES string of the molecule is CCc1cc2c(OC(=O)Oc3cccc4ccccc34)c3ccccc3c(OC(=O)Oc3cccc4ccccc34)c2cc1CC. The quantitative estimate of drug-likeness (QED) is 0.107. The number of hydrogen-bond acceptors (Lipinski definition) is 6. The fourth-order valence-corrected chi connectivity index (χ4v) is 6.07. The molecule has 7 rings (SSSR count). The smallest absolute Gasteiger partial charge is 0.394 e. The molecule has 0 amide bonds. The third kappa shape index (κ3) is 5.35. The predicted molar refractivity (Wildman–Crippen MR) is 181 cm³/mol. The maximum absolute atomic E-state index is 13.4. The molecule has 0 unspecified atom stereocenters. The van der Waals surface area contributed by atoms with Gasteiger partial charge in [-0.1, -0.05) is 111 Å². The lowest BCUT2D eigenvalue weighted by molar-refractivity contribution is 0.151. The van der Waals surface area contributed by atoms with Crippen LogP contribution in [0.25, 0.3) is 43.1 Å². The van der Waals surface area contributed by atoms with Crippen molar-refractivity contribution in [2.75, 3.05) is 0 Å². The monoisotopic (exact) mass is 606 g/mol. The molecule has 46 heavy (non-hydrogen) atoms. The molecule has 0 fully saturated rings. The standard InChI is InChI=1S/C40H30O6/c1-3-25-23-33-34(24-26(25)4-2)38(46-40(42)44-36-22-12-16-28-14-6-8-18-30(28)36)32-20-10-9-19-31(32)37(33)45-39(41)43-35-21-11-15-27-13-5-7-17-29(27)35/h5-24H,3-4H2,1-2H3. The van der Waals surface area contributed by atoms with Crippen LogP contribution in [0.4, 0.5) is 9.59 Å². The van der Waals surface area contributed by atoms with Crippen LogP contribution in [0.15, 0.2) is 121 Å². The number of carbonyl (C=O) groups excluding carboxylic acids is 2. The third-order valence-corrected chi connectivity index (χ3v) is 8.26. The van der Waals surface area contributed by atoms with E-state index in [1.54, 1.807) is 12.1 Å². The zero-order valence-corrected chi connectivity index (χ0v) is 25.4. The molecule has 6 nitrogen and oxygen atoms in total. The fourth-order valence-electron chi connectivity index (χ4n) is 6.07. The van der Waals surface area contributed by atoms with Crippen LogP contribution >= 0.6 is 0 Å². The van der Waals surface area contributed by atoms with E-state index in [1.807, 2.05) is 109 Å². The molecule has 7 aromatic carbocycles. The number of rotatable bonds is 6. The van der Waals surface area contributed by atoms with Gasteiger partial charge in [0, 0.05) is 32.3 Å². The van der Waals surface area contributed by atoms with Crippen LogP contribution in [-0.2, 0) is 12.8 Å². The summed E-state index contributed by atoms with van der Waals surface area (Å²) in [6.07, 6.45) is -0.204. The zero-order valence-electron chi connectivity index (χ0n) is 25.4. The molecule has 6 heteroatoms. The van der Waals surface area contributed by atoms with E-state index in [-0.39, 0.29) is 0 Å². The second-order valence-corrected chi connectivity index (χ2v) is 10.9. The number of carbonyl (C=O) groups is 2. The Balaban J connectivity index is 1.32. The van der Waals surface area contributed by atoms with Gasteiger partial charge in [-0.25, -0.2) is 9.59 Å². The zero-order chi connectivity index (χ0) is 31.6. The molecule has 0 saturated heterocycles. The van der Waals surface area contributed by atoms with Crippen LogP contribution < -0.4 is 18.9 Å². The summed E-state index contributed by atoms with van der Waals surface area (Å²) >= 11 is 0. The van der Waals surface area contributed by atoms with Crippen LogP contribution in [0, 0.1) is 0 Å². The minimum atomic E-state index is -0.871. The van der Waals surface area contributed by atoms with Crippen molar-refractivity contribution in [2.24, 2.45) is 0 Å². The topological polar surface area (TPSA) is 71.1 Å². The number of fused-ring (bicyclic) bond motifs is 4. The van der Waals surface area contributed by atoms with E-state index in [2.05, 4.69) is 13.8 Å². The first-order valence-electron chi connectivity index (χ1n) is 15.3. The van der Waals surface area contributed by atoms with Gasteiger partial charge in [-0.3, -0.25) is 0 Å². The molecule has 0 aliphatic heterocycles. The van der Waals surface area contributed by atoms with Gasteiger partial charge in [0.05, 0.1) is 0 Å². The summed E-state index contributed by atoms with van der Waals surface area (Å²) in [4.78, 5) is 26.8. The molecule has 0 spiro atoms. The Bertz CT molecular complexity index is 2120. The van der Waals surface area contributed by atoms with E-state index in [9.17, 15) is 9.59 Å². The van der Waals surface area contributed by atoms with Gasteiger partial charge >= 0.3 is 12.3 Å². The van der Waals surface area contributed by atoms with Crippen molar-refractivity contribution in [1.82, 2.24) is 0 Å². The highest BCUT2D eigenvalue weighted by molar-refractivity contribution is 6.13. The Hall–Kier alpha value is -5.88. The Morgan fingerprint density at radius 2 is 0.804 bits per heavy atom. The Labute approximate surface area is 265 Å². The van der Waals surface area contributed by atoms with Gasteiger partial charge in [-0.2, -0.15) is 0 Å². The molecule has 0 heterocycles. The van der Waals surface area contributed by atoms with E-state index in [4.69, 9.17) is 18.9 Å². The number of benzene rings is 7. The fraction of sp³-hybridized carbons (Fsp3) is 0.100. The summed E-state index contributed by atoms with van der Waals surface area (Å²) in [6, 6.07) is 37.7. The highest BCUT2D eigenvalue weighted by Gasteiger charge is 2.23. The predicted octanol–water partition coefficient (Wildman–Crippen LogP) is 10.6. The summed E-state index contributed by atoms with van der Waals surface area (Å²) < 4.78 is 23.6. The summed E-state index contributed by atoms with van der Waals surface area (Å²) in [5, 5.41) is 5.90. The van der Waals surface area contributed by atoms with Crippen molar-refractivity contribution in [3.63, 3.8) is 0 Å². The molecule has 226 valence electrons. The van der Waals surface area contributed by atoms with Crippen molar-refractivity contribution in [1.29, 1.82) is 0 Å². The van der Waals surface area contributed by atoms with E-state index >= 15 is 0 Å². The van der Waals surface area contributed by atoms with Gasteiger partial charge in [0.15, 0.2) is 0 Å². The van der Waals surface area contributed by atoms with Crippen LogP contribution in [0.3, 0.4) is 0 Å². The van der Waals surface area contributed by atoms with Gasteiger partial charge < -0.3 is 18.9 Å². The first-order valence-corrected chi connectivity index (χ1v) is 15.3. The molecule has 0 saturated carbocycles. The van der Waals surface area contributed by atoms with Crippen LogP contribution in [-0.4, -0.2) is 12.3 Å². The van der Waals surface area contributed by atoms with E-state index in [1.165, 1.54) is 0 Å². The van der Waals surface area contributed by atoms with E-state index in [0.29, 0.717) is 44.5 Å². The van der Waals surface area contributed by atoms with Crippen LogP contribution in [0.5, 0.6) is 23.0 Å². The summed E-state index contributed by atoms with van der Waals surface area (Å²) in [6.45, 7) is 4.16. The average Bonchev–Trinajstić information content (AvgIpc) is 3.09. The van der Waals surface area contributed by atoms with Crippen molar-refractivity contribution in [2.45, 2.75) is 26.7 Å². The van der Waals surface area contributed by atoms with Crippen molar-refractivity contribution in [3.8, 4) is 23.0 Å². The molecule has 0 radical (unpaired) electrons. The van der Waals surface area contributed by atoms with Crippen molar-refractivity contribution < 1.29 is 28.5 Å². The van der Waals surface area contributed by atoms with Crippen molar-refractivity contribution in [3.05, 3.63) is 132 Å². The molecule has 7 aromatic rings. The number of hydrogen-bond donors (Lipinski definition) is 0. The molecule has 0 bridgehead atoms. The van der Waals surface area contributed by atoms with Crippen molar-refractivity contribution >= 4 is 55.4 Å². The largest absolute Gasteiger partial charge is 0.519 e. The highest BCUT2D eigenvalue weighted by Crippen LogP contribution is 2.44. The average molecular weight is 607 g/mol. The Morgan fingerprint density at radius 1 is 0.435 bits per heavy atom. The lowest BCUT2D eigenvalue weighted by Gasteiger charge is -2.18.